The number of ether oxygens (including phenoxy) is 2. The molecule has 0 aliphatic rings. The lowest BCUT2D eigenvalue weighted by Crippen LogP contribution is -2.29. The van der Waals surface area contributed by atoms with Gasteiger partial charge in [-0.15, -0.1) is 0 Å². The number of carbonyl (C=O) groups is 2. The van der Waals surface area contributed by atoms with Crippen molar-refractivity contribution >= 4 is 11.9 Å². The fraction of sp³-hybridized carbons (Fsp3) is 0.957. The van der Waals surface area contributed by atoms with Crippen LogP contribution in [0.4, 0.5) is 0 Å². The Kier molecular flexibility index (Phi) is 41.7. The quantitative estimate of drug-likeness (QED) is 0.0496. The molecule has 0 heterocycles. The Bertz CT molecular complexity index is 716. The van der Waals surface area contributed by atoms with Gasteiger partial charge >= 0.3 is 11.9 Å². The number of hydrogen-bond acceptors (Lipinski definition) is 6. The van der Waals surface area contributed by atoms with Gasteiger partial charge in [0, 0.05) is 19.4 Å². The van der Waals surface area contributed by atoms with Crippen molar-refractivity contribution in [1.82, 2.24) is 4.90 Å². The van der Waals surface area contributed by atoms with Gasteiger partial charge in [-0.25, -0.2) is 0 Å². The smallest absolute Gasteiger partial charge is 0.306 e. The molecule has 0 radical (unpaired) electrons. The van der Waals surface area contributed by atoms with Crippen LogP contribution in [0.3, 0.4) is 0 Å². The number of nitrogens with zero attached hydrogens (tertiary/aromatic N) is 1. The predicted molar refractivity (Wildman–Crippen MR) is 223 cm³/mol. The molecular formula is C46H91NO5. The number of esters is 2. The normalized spacial score (nSPS) is 11.6. The van der Waals surface area contributed by atoms with Crippen LogP contribution in [0.1, 0.15) is 245 Å². The minimum atomic E-state index is -0.0176. The van der Waals surface area contributed by atoms with Gasteiger partial charge in [-0.1, -0.05) is 175 Å². The third-order valence-corrected chi connectivity index (χ3v) is 10.7. The molecule has 0 saturated heterocycles. The second kappa shape index (κ2) is 42.6. The van der Waals surface area contributed by atoms with Gasteiger partial charge in [0.2, 0.25) is 0 Å². The first-order valence-corrected chi connectivity index (χ1v) is 23.3. The third kappa shape index (κ3) is 38.6. The van der Waals surface area contributed by atoms with E-state index in [0.717, 1.165) is 77.4 Å². The van der Waals surface area contributed by atoms with Crippen molar-refractivity contribution in [2.45, 2.75) is 252 Å². The Labute approximate surface area is 324 Å². The second-order valence-corrected chi connectivity index (χ2v) is 15.9. The highest BCUT2D eigenvalue weighted by Crippen LogP contribution is 2.19. The van der Waals surface area contributed by atoms with Crippen LogP contribution in [-0.2, 0) is 19.1 Å². The van der Waals surface area contributed by atoms with Gasteiger partial charge in [-0.05, 0) is 70.9 Å². The summed E-state index contributed by atoms with van der Waals surface area (Å²) in [6.45, 7) is 10.5. The molecule has 0 aromatic rings. The number of rotatable bonds is 43. The van der Waals surface area contributed by atoms with E-state index in [9.17, 15) is 14.7 Å². The Morgan fingerprint density at radius 2 is 0.808 bits per heavy atom. The number of aliphatic hydroxyl groups is 1. The van der Waals surface area contributed by atoms with Gasteiger partial charge in [0.25, 0.3) is 0 Å². The van der Waals surface area contributed by atoms with Gasteiger partial charge < -0.3 is 19.5 Å². The first kappa shape index (κ1) is 50.9. The zero-order chi connectivity index (χ0) is 38.0. The SMILES string of the molecule is CCCCCCCCCOC(=O)CCCCCCCCCN(CCO)CCCCCCCC(=O)OC(CCCCCCCC)CCCCCCCC. The minimum Gasteiger partial charge on any atom is -0.466 e. The van der Waals surface area contributed by atoms with Crippen LogP contribution >= 0.6 is 0 Å². The third-order valence-electron chi connectivity index (χ3n) is 10.7. The highest BCUT2D eigenvalue weighted by molar-refractivity contribution is 5.69. The van der Waals surface area contributed by atoms with Crippen molar-refractivity contribution in [1.29, 1.82) is 0 Å². The van der Waals surface area contributed by atoms with E-state index < -0.39 is 0 Å². The van der Waals surface area contributed by atoms with Crippen LogP contribution in [-0.4, -0.2) is 60.9 Å². The molecule has 0 saturated carbocycles. The monoisotopic (exact) mass is 738 g/mol. The molecule has 0 aliphatic carbocycles. The lowest BCUT2D eigenvalue weighted by atomic mass is 10.0. The molecule has 6 nitrogen and oxygen atoms in total. The van der Waals surface area contributed by atoms with Gasteiger partial charge in [-0.2, -0.15) is 0 Å². The van der Waals surface area contributed by atoms with E-state index in [2.05, 4.69) is 25.7 Å². The van der Waals surface area contributed by atoms with Crippen molar-refractivity contribution in [2.24, 2.45) is 0 Å². The Morgan fingerprint density at radius 1 is 0.442 bits per heavy atom. The molecule has 0 aromatic carbocycles. The first-order valence-electron chi connectivity index (χ1n) is 23.3. The fourth-order valence-electron chi connectivity index (χ4n) is 7.23. The van der Waals surface area contributed by atoms with Crippen LogP contribution in [0.2, 0.25) is 0 Å². The van der Waals surface area contributed by atoms with E-state index in [1.54, 1.807) is 0 Å². The lowest BCUT2D eigenvalue weighted by molar-refractivity contribution is -0.150. The number of carbonyl (C=O) groups excluding carboxylic acids is 2. The predicted octanol–water partition coefficient (Wildman–Crippen LogP) is 13.4. The standard InChI is InChI=1S/C46H91NO5/c1-4-7-10-13-19-27-34-43-51-45(49)37-30-23-17-16-18-25-32-39-47(41-42-48)40-33-26-20-24-31-38-46(50)52-44(35-28-21-14-11-8-5-2)36-29-22-15-12-9-6-3/h44,48H,4-43H2,1-3H3. The second-order valence-electron chi connectivity index (χ2n) is 15.9. The molecule has 0 amide bonds. The summed E-state index contributed by atoms with van der Waals surface area (Å²) in [6, 6.07) is 0. The van der Waals surface area contributed by atoms with Crippen molar-refractivity contribution in [3.63, 3.8) is 0 Å². The van der Waals surface area contributed by atoms with E-state index in [4.69, 9.17) is 9.47 Å². The van der Waals surface area contributed by atoms with Crippen LogP contribution in [0.15, 0.2) is 0 Å². The molecule has 1 N–H and O–H groups in total. The Balaban J connectivity index is 3.89. The number of hydrogen-bond donors (Lipinski definition) is 1. The van der Waals surface area contributed by atoms with Crippen LogP contribution in [0.25, 0.3) is 0 Å². The minimum absolute atomic E-state index is 0.0176. The highest BCUT2D eigenvalue weighted by atomic mass is 16.5. The van der Waals surface area contributed by atoms with Crippen molar-refractivity contribution in [2.75, 3.05) is 32.8 Å². The van der Waals surface area contributed by atoms with Crippen molar-refractivity contribution in [3.05, 3.63) is 0 Å². The molecule has 0 aliphatic heterocycles. The lowest BCUT2D eigenvalue weighted by Gasteiger charge is -2.21. The topological polar surface area (TPSA) is 76.1 Å². The molecular weight excluding hydrogens is 647 g/mol. The summed E-state index contributed by atoms with van der Waals surface area (Å²) in [5, 5.41) is 9.56. The summed E-state index contributed by atoms with van der Waals surface area (Å²) in [5.41, 5.74) is 0. The Hall–Kier alpha value is -1.14. The summed E-state index contributed by atoms with van der Waals surface area (Å²) in [6.07, 6.45) is 41.1. The fourth-order valence-corrected chi connectivity index (χ4v) is 7.23. The van der Waals surface area contributed by atoms with Crippen LogP contribution in [0, 0.1) is 0 Å². The summed E-state index contributed by atoms with van der Waals surface area (Å²) in [5.74, 6) is 0.00109. The summed E-state index contributed by atoms with van der Waals surface area (Å²) in [4.78, 5) is 27.1. The Morgan fingerprint density at radius 3 is 1.25 bits per heavy atom. The largest absolute Gasteiger partial charge is 0.466 e. The number of unbranched alkanes of at least 4 members (excludes halogenated alkanes) is 26. The molecule has 0 atom stereocenters. The van der Waals surface area contributed by atoms with Crippen LogP contribution in [0.5, 0.6) is 0 Å². The average Bonchev–Trinajstić information content (AvgIpc) is 3.14. The average molecular weight is 738 g/mol. The summed E-state index contributed by atoms with van der Waals surface area (Å²) >= 11 is 0. The first-order chi connectivity index (χ1) is 25.6. The van der Waals surface area contributed by atoms with E-state index in [1.165, 1.54) is 154 Å². The summed E-state index contributed by atoms with van der Waals surface area (Å²) < 4.78 is 11.4. The van der Waals surface area contributed by atoms with E-state index in [0.29, 0.717) is 19.4 Å². The molecule has 0 aromatic heterocycles. The highest BCUT2D eigenvalue weighted by Gasteiger charge is 2.14. The van der Waals surface area contributed by atoms with Gasteiger partial charge in [-0.3, -0.25) is 9.59 Å². The van der Waals surface area contributed by atoms with Crippen molar-refractivity contribution < 1.29 is 24.2 Å². The maximum atomic E-state index is 12.7. The van der Waals surface area contributed by atoms with E-state index in [1.807, 2.05) is 0 Å². The maximum absolute atomic E-state index is 12.7. The molecule has 6 heteroatoms. The molecule has 310 valence electrons. The zero-order valence-electron chi connectivity index (χ0n) is 35.4. The summed E-state index contributed by atoms with van der Waals surface area (Å²) in [7, 11) is 0. The van der Waals surface area contributed by atoms with E-state index >= 15 is 0 Å². The molecule has 0 fully saturated rings. The molecule has 0 rings (SSSR count). The number of aliphatic hydroxyl groups excluding tert-OH is 1. The van der Waals surface area contributed by atoms with Gasteiger partial charge in [0.1, 0.15) is 6.10 Å². The molecule has 0 bridgehead atoms. The van der Waals surface area contributed by atoms with Crippen LogP contribution < -0.4 is 0 Å². The maximum Gasteiger partial charge on any atom is 0.306 e. The van der Waals surface area contributed by atoms with Gasteiger partial charge in [0.05, 0.1) is 13.2 Å². The zero-order valence-corrected chi connectivity index (χ0v) is 35.4. The molecule has 0 unspecified atom stereocenters. The molecule has 0 spiro atoms. The molecule has 52 heavy (non-hydrogen) atoms. The van der Waals surface area contributed by atoms with E-state index in [-0.39, 0.29) is 24.6 Å². The van der Waals surface area contributed by atoms with Crippen molar-refractivity contribution in [3.8, 4) is 0 Å². The van der Waals surface area contributed by atoms with Gasteiger partial charge in [0.15, 0.2) is 0 Å².